The van der Waals surface area contributed by atoms with Gasteiger partial charge in [-0.2, -0.15) is 0 Å². The highest BCUT2D eigenvalue weighted by atomic mass is 32.2. The molecule has 0 aromatic heterocycles. The monoisotopic (exact) mass is 308 g/mol. The van der Waals surface area contributed by atoms with Crippen molar-refractivity contribution in [3.8, 4) is 0 Å². The third-order valence-electron chi connectivity index (χ3n) is 3.59. The van der Waals surface area contributed by atoms with E-state index >= 15 is 0 Å². The van der Waals surface area contributed by atoms with Gasteiger partial charge < -0.3 is 9.64 Å². The first kappa shape index (κ1) is 15.9. The molecule has 114 valence electrons. The van der Waals surface area contributed by atoms with Crippen molar-refractivity contribution in [2.75, 3.05) is 19.9 Å². The lowest BCUT2D eigenvalue weighted by atomic mass is 10.1. The minimum Gasteiger partial charge on any atom is -0.469 e. The van der Waals surface area contributed by atoms with Crippen LogP contribution in [0.3, 0.4) is 0 Å². The van der Waals surface area contributed by atoms with Crippen molar-refractivity contribution in [2.24, 2.45) is 0 Å². The van der Waals surface area contributed by atoms with Gasteiger partial charge in [0.05, 0.1) is 19.6 Å². The topological polar surface area (TPSA) is 58.6 Å². The molecule has 1 fully saturated rings. The number of benzene rings is 1. The largest absolute Gasteiger partial charge is 0.469 e. The standard InChI is InChI=1S/C15H20N2O3S/c1-10-15(19)17(9-8-13(18)20-2)14(16-10)11-4-6-12(21-3)7-5-11/h4-7,10,14,16H,8-9H2,1-3H3. The summed E-state index contributed by atoms with van der Waals surface area (Å²) in [5.41, 5.74) is 1.02. The molecule has 21 heavy (non-hydrogen) atoms. The molecular formula is C15H20N2O3S. The Bertz CT molecular complexity index is 518. The summed E-state index contributed by atoms with van der Waals surface area (Å²) in [7, 11) is 1.35. The fourth-order valence-corrected chi connectivity index (χ4v) is 2.80. The Morgan fingerprint density at radius 3 is 2.62 bits per heavy atom. The lowest BCUT2D eigenvalue weighted by Gasteiger charge is -2.24. The van der Waals surface area contributed by atoms with E-state index in [1.807, 2.05) is 37.4 Å². The van der Waals surface area contributed by atoms with Gasteiger partial charge in [0.15, 0.2) is 0 Å². The number of hydrogen-bond acceptors (Lipinski definition) is 5. The molecular weight excluding hydrogens is 288 g/mol. The van der Waals surface area contributed by atoms with Gasteiger partial charge in [-0.3, -0.25) is 14.9 Å². The number of carbonyl (C=O) groups is 2. The Kier molecular flexibility index (Phi) is 5.25. The molecule has 6 heteroatoms. The molecule has 1 amide bonds. The average Bonchev–Trinajstić information content (AvgIpc) is 2.80. The Hall–Kier alpha value is -1.53. The zero-order valence-electron chi connectivity index (χ0n) is 12.5. The van der Waals surface area contributed by atoms with Gasteiger partial charge >= 0.3 is 5.97 Å². The Balaban J connectivity index is 2.14. The highest BCUT2D eigenvalue weighted by Gasteiger charge is 2.36. The highest BCUT2D eigenvalue weighted by molar-refractivity contribution is 7.98. The van der Waals surface area contributed by atoms with Crippen LogP contribution < -0.4 is 5.32 Å². The zero-order chi connectivity index (χ0) is 15.4. The van der Waals surface area contributed by atoms with Crippen LogP contribution in [0.1, 0.15) is 25.1 Å². The summed E-state index contributed by atoms with van der Waals surface area (Å²) in [5.74, 6) is -0.295. The Morgan fingerprint density at radius 1 is 1.38 bits per heavy atom. The molecule has 0 bridgehead atoms. The van der Waals surface area contributed by atoms with E-state index in [4.69, 9.17) is 0 Å². The van der Waals surface area contributed by atoms with Crippen LogP contribution in [0, 0.1) is 0 Å². The van der Waals surface area contributed by atoms with Gasteiger partial charge in [-0.15, -0.1) is 11.8 Å². The van der Waals surface area contributed by atoms with E-state index in [0.717, 1.165) is 5.56 Å². The molecule has 1 aromatic rings. The van der Waals surface area contributed by atoms with Gasteiger partial charge in [-0.25, -0.2) is 0 Å². The molecule has 5 nitrogen and oxygen atoms in total. The van der Waals surface area contributed by atoms with Gasteiger partial charge in [0.25, 0.3) is 0 Å². The molecule has 2 unspecified atom stereocenters. The van der Waals surface area contributed by atoms with E-state index in [-0.39, 0.29) is 30.5 Å². The summed E-state index contributed by atoms with van der Waals surface area (Å²) in [6, 6.07) is 7.86. The van der Waals surface area contributed by atoms with E-state index in [9.17, 15) is 9.59 Å². The number of esters is 1. The second-order valence-corrected chi connectivity index (χ2v) is 5.80. The van der Waals surface area contributed by atoms with Crippen molar-refractivity contribution < 1.29 is 14.3 Å². The van der Waals surface area contributed by atoms with Crippen molar-refractivity contribution in [1.82, 2.24) is 10.2 Å². The van der Waals surface area contributed by atoms with Gasteiger partial charge in [-0.1, -0.05) is 12.1 Å². The molecule has 1 heterocycles. The highest BCUT2D eigenvalue weighted by Crippen LogP contribution is 2.27. The number of ether oxygens (including phenoxy) is 1. The molecule has 1 saturated heterocycles. The first-order valence-electron chi connectivity index (χ1n) is 6.84. The number of nitrogens with one attached hydrogen (secondary N) is 1. The molecule has 1 aliphatic heterocycles. The van der Waals surface area contributed by atoms with Crippen LogP contribution in [-0.2, 0) is 14.3 Å². The molecule has 1 aromatic carbocycles. The number of nitrogens with zero attached hydrogens (tertiary/aromatic N) is 1. The SMILES string of the molecule is COC(=O)CCN1C(=O)C(C)NC1c1ccc(SC)cc1. The van der Waals surface area contributed by atoms with Crippen LogP contribution >= 0.6 is 11.8 Å². The fourth-order valence-electron chi connectivity index (χ4n) is 2.39. The minimum atomic E-state index is -0.307. The third kappa shape index (κ3) is 3.57. The number of amides is 1. The molecule has 0 saturated carbocycles. The number of hydrogen-bond donors (Lipinski definition) is 1. The second kappa shape index (κ2) is 6.95. The summed E-state index contributed by atoms with van der Waals surface area (Å²) in [6.45, 7) is 2.20. The average molecular weight is 308 g/mol. The van der Waals surface area contributed by atoms with E-state index in [2.05, 4.69) is 10.1 Å². The molecule has 1 N–H and O–H groups in total. The summed E-state index contributed by atoms with van der Waals surface area (Å²) in [4.78, 5) is 26.4. The number of carbonyl (C=O) groups excluding carboxylic acids is 2. The quantitative estimate of drug-likeness (QED) is 0.664. The van der Waals surface area contributed by atoms with Crippen molar-refractivity contribution in [1.29, 1.82) is 0 Å². The van der Waals surface area contributed by atoms with Gasteiger partial charge in [0.2, 0.25) is 5.91 Å². The first-order chi connectivity index (χ1) is 10.1. The van der Waals surface area contributed by atoms with E-state index in [1.165, 1.54) is 12.0 Å². The summed E-state index contributed by atoms with van der Waals surface area (Å²) < 4.78 is 4.64. The molecule has 1 aliphatic rings. The normalized spacial score (nSPS) is 21.7. The predicted molar refractivity (Wildman–Crippen MR) is 81.9 cm³/mol. The molecule has 0 spiro atoms. The predicted octanol–water partition coefficient (Wildman–Crippen LogP) is 1.79. The van der Waals surface area contributed by atoms with Crippen molar-refractivity contribution in [3.63, 3.8) is 0 Å². The summed E-state index contributed by atoms with van der Waals surface area (Å²) in [5, 5.41) is 3.27. The Morgan fingerprint density at radius 2 is 2.05 bits per heavy atom. The van der Waals surface area contributed by atoms with Crippen molar-refractivity contribution in [2.45, 2.75) is 30.4 Å². The fraction of sp³-hybridized carbons (Fsp3) is 0.467. The summed E-state index contributed by atoms with van der Waals surface area (Å²) in [6.07, 6.45) is 2.04. The minimum absolute atomic E-state index is 0.0119. The first-order valence-corrected chi connectivity index (χ1v) is 8.06. The van der Waals surface area contributed by atoms with Gasteiger partial charge in [0, 0.05) is 11.4 Å². The van der Waals surface area contributed by atoms with Gasteiger partial charge in [-0.05, 0) is 30.9 Å². The summed E-state index contributed by atoms with van der Waals surface area (Å²) >= 11 is 1.68. The van der Waals surface area contributed by atoms with Crippen LogP contribution in [0.25, 0.3) is 0 Å². The van der Waals surface area contributed by atoms with Crippen LogP contribution in [-0.4, -0.2) is 42.7 Å². The lowest BCUT2D eigenvalue weighted by Crippen LogP contribution is -2.32. The molecule has 2 rings (SSSR count). The maximum absolute atomic E-state index is 12.2. The second-order valence-electron chi connectivity index (χ2n) is 4.92. The maximum Gasteiger partial charge on any atom is 0.307 e. The van der Waals surface area contributed by atoms with Crippen molar-refractivity contribution >= 4 is 23.6 Å². The number of methoxy groups -OCH3 is 1. The van der Waals surface area contributed by atoms with Crippen LogP contribution in [0.15, 0.2) is 29.2 Å². The van der Waals surface area contributed by atoms with Crippen LogP contribution in [0.4, 0.5) is 0 Å². The molecule has 0 radical (unpaired) electrons. The van der Waals surface area contributed by atoms with E-state index in [1.54, 1.807) is 16.7 Å². The number of thioether (sulfide) groups is 1. The lowest BCUT2D eigenvalue weighted by molar-refractivity contribution is -0.141. The van der Waals surface area contributed by atoms with E-state index < -0.39 is 0 Å². The maximum atomic E-state index is 12.2. The van der Waals surface area contributed by atoms with Crippen LogP contribution in [0.5, 0.6) is 0 Å². The smallest absolute Gasteiger partial charge is 0.307 e. The van der Waals surface area contributed by atoms with Crippen LogP contribution in [0.2, 0.25) is 0 Å². The van der Waals surface area contributed by atoms with Crippen molar-refractivity contribution in [3.05, 3.63) is 29.8 Å². The number of rotatable bonds is 5. The molecule has 0 aliphatic carbocycles. The Labute approximate surface area is 129 Å². The zero-order valence-corrected chi connectivity index (χ0v) is 13.3. The molecule has 2 atom stereocenters. The van der Waals surface area contributed by atoms with Gasteiger partial charge in [0.1, 0.15) is 6.17 Å². The van der Waals surface area contributed by atoms with E-state index in [0.29, 0.717) is 6.54 Å². The third-order valence-corrected chi connectivity index (χ3v) is 4.33.